The lowest BCUT2D eigenvalue weighted by molar-refractivity contribution is 0.268. The monoisotopic (exact) mass is 195 g/mol. The lowest BCUT2D eigenvalue weighted by atomic mass is 9.91. The fourth-order valence-electron chi connectivity index (χ4n) is 1.65. The van der Waals surface area contributed by atoms with E-state index in [0.717, 1.165) is 0 Å². The Morgan fingerprint density at radius 3 is 2.50 bits per heavy atom. The van der Waals surface area contributed by atoms with Gasteiger partial charge >= 0.3 is 0 Å². The van der Waals surface area contributed by atoms with Crippen LogP contribution in [-0.4, -0.2) is 24.5 Å². The van der Waals surface area contributed by atoms with Crippen molar-refractivity contribution in [2.24, 2.45) is 0 Å². The van der Waals surface area contributed by atoms with Crippen molar-refractivity contribution in [1.82, 2.24) is 4.90 Å². The van der Waals surface area contributed by atoms with E-state index in [9.17, 15) is 0 Å². The molecule has 0 aromatic rings. The molecule has 0 atom stereocenters. The molecule has 0 saturated heterocycles. The summed E-state index contributed by atoms with van der Waals surface area (Å²) in [5, 5.41) is 0. The minimum absolute atomic E-state index is 0.694. The van der Waals surface area contributed by atoms with Gasteiger partial charge in [-0.15, -0.1) is 0 Å². The summed E-state index contributed by atoms with van der Waals surface area (Å²) < 4.78 is 0. The summed E-state index contributed by atoms with van der Waals surface area (Å²) in [7, 11) is 2.22. The first-order valence-electron chi connectivity index (χ1n) is 6.08. The fourth-order valence-corrected chi connectivity index (χ4v) is 1.65. The average Bonchev–Trinajstić information content (AvgIpc) is 2.07. The second-order valence-corrected chi connectivity index (χ2v) is 4.79. The van der Waals surface area contributed by atoms with Crippen molar-refractivity contribution >= 4 is 0 Å². The van der Waals surface area contributed by atoms with Crippen LogP contribution in [0.5, 0.6) is 0 Å². The van der Waals surface area contributed by atoms with E-state index >= 15 is 0 Å². The van der Waals surface area contributed by atoms with Gasteiger partial charge in [0.15, 0.2) is 0 Å². The van der Waals surface area contributed by atoms with Gasteiger partial charge in [-0.3, -0.25) is 0 Å². The Kier molecular flexibility index (Phi) is 5.24. The molecule has 0 aromatic heterocycles. The molecule has 1 heteroatoms. The molecule has 0 heterocycles. The first-order valence-corrected chi connectivity index (χ1v) is 6.08. The first kappa shape index (κ1) is 11.8. The van der Waals surface area contributed by atoms with Gasteiger partial charge in [-0.2, -0.15) is 0 Å². The standard InChI is InChI=1S/C13H25N/c1-12(2)14(3)11-6-4-5-8-13-9-7-10-13/h8,12H,4-7,9-11H2,1-3H3. The van der Waals surface area contributed by atoms with E-state index in [4.69, 9.17) is 0 Å². The van der Waals surface area contributed by atoms with Crippen molar-refractivity contribution in [1.29, 1.82) is 0 Å². The Bertz CT molecular complexity index is 176. The van der Waals surface area contributed by atoms with Crippen LogP contribution in [0.4, 0.5) is 0 Å². The van der Waals surface area contributed by atoms with E-state index in [2.05, 4.69) is 31.9 Å². The molecule has 1 saturated carbocycles. The van der Waals surface area contributed by atoms with Crippen molar-refractivity contribution in [2.75, 3.05) is 13.6 Å². The molecule has 1 rings (SSSR count). The molecule has 0 radical (unpaired) electrons. The Labute approximate surface area is 89.2 Å². The number of hydrogen-bond acceptors (Lipinski definition) is 1. The summed E-state index contributed by atoms with van der Waals surface area (Å²) in [6.07, 6.45) is 10.7. The highest BCUT2D eigenvalue weighted by Crippen LogP contribution is 2.25. The highest BCUT2D eigenvalue weighted by molar-refractivity contribution is 5.08. The van der Waals surface area contributed by atoms with Crippen LogP contribution in [0, 0.1) is 0 Å². The average molecular weight is 195 g/mol. The molecule has 82 valence electrons. The normalized spacial score (nSPS) is 16.2. The van der Waals surface area contributed by atoms with Crippen LogP contribution in [0.25, 0.3) is 0 Å². The minimum atomic E-state index is 0.694. The van der Waals surface area contributed by atoms with Crippen molar-refractivity contribution < 1.29 is 0 Å². The molecule has 0 N–H and O–H groups in total. The topological polar surface area (TPSA) is 3.24 Å². The zero-order valence-electron chi connectivity index (χ0n) is 10.1. The molecule has 1 fully saturated rings. The van der Waals surface area contributed by atoms with Gasteiger partial charge in [0, 0.05) is 6.04 Å². The quantitative estimate of drug-likeness (QED) is 0.462. The van der Waals surface area contributed by atoms with E-state index < -0.39 is 0 Å². The summed E-state index contributed by atoms with van der Waals surface area (Å²) in [6, 6.07) is 0.694. The third-order valence-corrected chi connectivity index (χ3v) is 3.28. The van der Waals surface area contributed by atoms with E-state index in [-0.39, 0.29) is 0 Å². The molecular formula is C13H25N. The molecule has 0 amide bonds. The predicted octanol–water partition coefficient (Wildman–Crippen LogP) is 3.61. The highest BCUT2D eigenvalue weighted by Gasteiger charge is 2.06. The summed E-state index contributed by atoms with van der Waals surface area (Å²) in [6.45, 7) is 5.77. The lowest BCUT2D eigenvalue weighted by Crippen LogP contribution is -2.27. The SMILES string of the molecule is CC(C)N(C)CCCCC=C1CCC1. The van der Waals surface area contributed by atoms with Crippen molar-refractivity contribution in [3.05, 3.63) is 11.6 Å². The van der Waals surface area contributed by atoms with Crippen molar-refractivity contribution in [3.63, 3.8) is 0 Å². The summed E-state index contributed by atoms with van der Waals surface area (Å²) >= 11 is 0. The molecule has 14 heavy (non-hydrogen) atoms. The van der Waals surface area contributed by atoms with Gasteiger partial charge in [-0.25, -0.2) is 0 Å². The number of rotatable bonds is 6. The van der Waals surface area contributed by atoms with Crippen LogP contribution in [0.15, 0.2) is 11.6 Å². The van der Waals surface area contributed by atoms with Crippen molar-refractivity contribution in [2.45, 2.75) is 58.4 Å². The molecule has 0 bridgehead atoms. The molecule has 1 aliphatic rings. The number of allylic oxidation sites excluding steroid dienone is 2. The van der Waals surface area contributed by atoms with Gasteiger partial charge in [0.05, 0.1) is 0 Å². The zero-order chi connectivity index (χ0) is 10.4. The van der Waals surface area contributed by atoms with Gasteiger partial charge < -0.3 is 4.90 Å². The summed E-state index contributed by atoms with van der Waals surface area (Å²) in [5.41, 5.74) is 1.71. The largest absolute Gasteiger partial charge is 0.304 e. The van der Waals surface area contributed by atoms with Gasteiger partial charge in [-0.05, 0) is 66.0 Å². The molecule has 1 nitrogen and oxygen atoms in total. The molecule has 0 aliphatic heterocycles. The van der Waals surface area contributed by atoms with Crippen LogP contribution < -0.4 is 0 Å². The van der Waals surface area contributed by atoms with Crippen molar-refractivity contribution in [3.8, 4) is 0 Å². The second kappa shape index (κ2) is 6.23. The first-order chi connectivity index (χ1) is 6.70. The van der Waals surface area contributed by atoms with E-state index in [1.807, 2.05) is 0 Å². The number of nitrogens with zero attached hydrogens (tertiary/aromatic N) is 1. The van der Waals surface area contributed by atoms with Crippen LogP contribution in [0.3, 0.4) is 0 Å². The maximum Gasteiger partial charge on any atom is 0.00355 e. The fraction of sp³-hybridized carbons (Fsp3) is 0.846. The number of unbranched alkanes of at least 4 members (excludes halogenated alkanes) is 2. The van der Waals surface area contributed by atoms with Crippen LogP contribution >= 0.6 is 0 Å². The summed E-state index contributed by atoms with van der Waals surface area (Å²) in [4.78, 5) is 2.43. The lowest BCUT2D eigenvalue weighted by Gasteiger charge is -2.20. The molecule has 0 spiro atoms. The van der Waals surface area contributed by atoms with Crippen LogP contribution in [0.2, 0.25) is 0 Å². The molecule has 0 unspecified atom stereocenters. The Hall–Kier alpha value is -0.300. The van der Waals surface area contributed by atoms with Gasteiger partial charge in [0.2, 0.25) is 0 Å². The Morgan fingerprint density at radius 1 is 1.29 bits per heavy atom. The third-order valence-electron chi connectivity index (χ3n) is 3.28. The maximum atomic E-state index is 2.47. The van der Waals surface area contributed by atoms with E-state index in [1.165, 1.54) is 45.1 Å². The third kappa shape index (κ3) is 4.28. The van der Waals surface area contributed by atoms with Gasteiger partial charge in [0.25, 0.3) is 0 Å². The van der Waals surface area contributed by atoms with E-state index in [1.54, 1.807) is 5.57 Å². The van der Waals surface area contributed by atoms with E-state index in [0.29, 0.717) is 6.04 Å². The van der Waals surface area contributed by atoms with Crippen LogP contribution in [0.1, 0.15) is 52.4 Å². The highest BCUT2D eigenvalue weighted by atomic mass is 15.1. The molecule has 1 aliphatic carbocycles. The van der Waals surface area contributed by atoms with Gasteiger partial charge in [0.1, 0.15) is 0 Å². The summed E-state index contributed by atoms with van der Waals surface area (Å²) in [5.74, 6) is 0. The smallest absolute Gasteiger partial charge is 0.00355 e. The molecule has 0 aromatic carbocycles. The maximum absolute atomic E-state index is 2.47. The Morgan fingerprint density at radius 2 is 2.00 bits per heavy atom. The predicted molar refractivity (Wildman–Crippen MR) is 63.6 cm³/mol. The second-order valence-electron chi connectivity index (χ2n) is 4.79. The molecular weight excluding hydrogens is 170 g/mol. The van der Waals surface area contributed by atoms with Crippen LogP contribution in [-0.2, 0) is 0 Å². The van der Waals surface area contributed by atoms with Gasteiger partial charge in [-0.1, -0.05) is 11.6 Å². The Balaban J connectivity index is 1.93. The minimum Gasteiger partial charge on any atom is -0.304 e. The zero-order valence-corrected chi connectivity index (χ0v) is 10.1. The number of hydrogen-bond donors (Lipinski definition) is 0.